The van der Waals surface area contributed by atoms with Gasteiger partial charge in [0.15, 0.2) is 8.32 Å². The Hall–Kier alpha value is -0.593. The van der Waals surface area contributed by atoms with Gasteiger partial charge >= 0.3 is 6.09 Å². The van der Waals surface area contributed by atoms with E-state index in [1.165, 1.54) is 12.8 Å². The molecule has 5 nitrogen and oxygen atoms in total. The van der Waals surface area contributed by atoms with Crippen LogP contribution < -0.4 is 0 Å². The van der Waals surface area contributed by atoms with Crippen molar-refractivity contribution in [2.45, 2.75) is 96.5 Å². The number of likely N-dealkylation sites (tertiary alicyclic amines) is 2. The Labute approximate surface area is 167 Å². The maximum Gasteiger partial charge on any atom is 0.410 e. The summed E-state index contributed by atoms with van der Waals surface area (Å²) in [6.07, 6.45) is 4.43. The molecule has 2 fully saturated rings. The zero-order valence-corrected chi connectivity index (χ0v) is 20.0. The summed E-state index contributed by atoms with van der Waals surface area (Å²) < 4.78 is 12.0. The van der Waals surface area contributed by atoms with E-state index in [1.807, 2.05) is 25.7 Å². The summed E-state index contributed by atoms with van der Waals surface area (Å²) in [5.41, 5.74) is -0.165. The van der Waals surface area contributed by atoms with Gasteiger partial charge in [-0.05, 0) is 71.1 Å². The van der Waals surface area contributed by atoms with Crippen LogP contribution in [0.5, 0.6) is 0 Å². The van der Waals surface area contributed by atoms with Gasteiger partial charge in [-0.1, -0.05) is 20.8 Å². The van der Waals surface area contributed by atoms with Crippen LogP contribution in [0.2, 0.25) is 18.1 Å². The number of carbonyl (C=O) groups is 1. The number of carbonyl (C=O) groups excluding carboxylic acids is 1. The Morgan fingerprint density at radius 1 is 1.00 bits per heavy atom. The van der Waals surface area contributed by atoms with Crippen molar-refractivity contribution in [3.05, 3.63) is 0 Å². The minimum Gasteiger partial charge on any atom is -0.444 e. The smallest absolute Gasteiger partial charge is 0.410 e. The molecular weight excluding hydrogens is 356 g/mol. The van der Waals surface area contributed by atoms with Crippen molar-refractivity contribution in [2.24, 2.45) is 0 Å². The summed E-state index contributed by atoms with van der Waals surface area (Å²) in [5, 5.41) is 0.258. The number of ether oxygens (including phenoxy) is 1. The SMILES string of the molecule is CC(C)(C)OC(=O)N1CCC2(CCCN2CCO[Si](C)(C)C(C)(C)C)CC1. The Kier molecular flexibility index (Phi) is 6.75. The molecule has 0 aromatic rings. The van der Waals surface area contributed by atoms with E-state index in [0.29, 0.717) is 0 Å². The van der Waals surface area contributed by atoms with Gasteiger partial charge in [-0.15, -0.1) is 0 Å². The highest BCUT2D eigenvalue weighted by Gasteiger charge is 2.44. The molecule has 0 atom stereocenters. The van der Waals surface area contributed by atoms with E-state index >= 15 is 0 Å². The standard InChI is InChI=1S/C21H42N2O3Si/c1-19(2,3)26-18(24)22-14-11-21(12-15-22)10-9-13-23(21)16-17-25-27(7,8)20(4,5)6/h9-17H2,1-8H3. The van der Waals surface area contributed by atoms with Crippen molar-refractivity contribution in [2.75, 3.05) is 32.8 Å². The van der Waals surface area contributed by atoms with Crippen molar-refractivity contribution >= 4 is 14.4 Å². The van der Waals surface area contributed by atoms with Crippen LogP contribution in [0.15, 0.2) is 0 Å². The number of nitrogens with zero attached hydrogens (tertiary/aromatic N) is 2. The Balaban J connectivity index is 1.87. The lowest BCUT2D eigenvalue weighted by molar-refractivity contribution is 0.000999. The maximum absolute atomic E-state index is 12.3. The van der Waals surface area contributed by atoms with Gasteiger partial charge in [0.1, 0.15) is 5.60 Å². The third-order valence-corrected chi connectivity index (χ3v) is 11.3. The molecule has 2 aliphatic rings. The molecule has 0 unspecified atom stereocenters. The molecule has 2 aliphatic heterocycles. The van der Waals surface area contributed by atoms with Gasteiger partial charge in [-0.2, -0.15) is 0 Å². The van der Waals surface area contributed by atoms with Crippen LogP contribution >= 0.6 is 0 Å². The summed E-state index contributed by atoms with van der Waals surface area (Å²) in [6, 6.07) is 0. The molecule has 0 aromatic heterocycles. The van der Waals surface area contributed by atoms with Gasteiger partial charge in [-0.3, -0.25) is 4.90 Å². The van der Waals surface area contributed by atoms with Crippen LogP contribution in [-0.2, 0) is 9.16 Å². The predicted octanol–water partition coefficient (Wildman–Crippen LogP) is 4.87. The van der Waals surface area contributed by atoms with E-state index in [0.717, 1.165) is 45.6 Å². The largest absolute Gasteiger partial charge is 0.444 e. The van der Waals surface area contributed by atoms with Gasteiger partial charge in [0.2, 0.25) is 0 Å². The van der Waals surface area contributed by atoms with Crippen LogP contribution in [0.25, 0.3) is 0 Å². The van der Waals surface area contributed by atoms with Crippen LogP contribution in [-0.4, -0.2) is 68.1 Å². The van der Waals surface area contributed by atoms with Gasteiger partial charge in [-0.25, -0.2) is 4.79 Å². The van der Waals surface area contributed by atoms with E-state index in [9.17, 15) is 4.79 Å². The van der Waals surface area contributed by atoms with Crippen LogP contribution in [0.4, 0.5) is 4.79 Å². The zero-order chi connectivity index (χ0) is 20.5. The van der Waals surface area contributed by atoms with Gasteiger partial charge in [0, 0.05) is 31.8 Å². The molecule has 1 amide bonds. The van der Waals surface area contributed by atoms with Gasteiger partial charge < -0.3 is 14.1 Å². The van der Waals surface area contributed by atoms with Crippen molar-refractivity contribution in [1.82, 2.24) is 9.80 Å². The van der Waals surface area contributed by atoms with Crippen molar-refractivity contribution in [3.63, 3.8) is 0 Å². The highest BCUT2D eigenvalue weighted by Crippen LogP contribution is 2.39. The molecule has 0 radical (unpaired) electrons. The molecule has 0 bridgehead atoms. The highest BCUT2D eigenvalue weighted by molar-refractivity contribution is 6.74. The molecule has 0 aliphatic carbocycles. The molecule has 2 saturated heterocycles. The molecule has 27 heavy (non-hydrogen) atoms. The lowest BCUT2D eigenvalue weighted by Gasteiger charge is -2.45. The van der Waals surface area contributed by atoms with Gasteiger partial charge in [0.05, 0.1) is 0 Å². The molecule has 2 heterocycles. The van der Waals surface area contributed by atoms with Crippen molar-refractivity contribution in [3.8, 4) is 0 Å². The van der Waals surface area contributed by atoms with Crippen molar-refractivity contribution in [1.29, 1.82) is 0 Å². The third-order valence-electron chi connectivity index (χ3n) is 6.72. The van der Waals surface area contributed by atoms with Crippen LogP contribution in [0.3, 0.4) is 0 Å². The topological polar surface area (TPSA) is 42.0 Å². The minimum absolute atomic E-state index is 0.164. The fraction of sp³-hybridized carbons (Fsp3) is 0.952. The van der Waals surface area contributed by atoms with Gasteiger partial charge in [0.25, 0.3) is 0 Å². The monoisotopic (exact) mass is 398 g/mol. The second kappa shape index (κ2) is 8.03. The first kappa shape index (κ1) is 22.7. The van der Waals surface area contributed by atoms with E-state index in [-0.39, 0.29) is 16.7 Å². The van der Waals surface area contributed by atoms with E-state index in [4.69, 9.17) is 9.16 Å². The number of amides is 1. The summed E-state index contributed by atoms with van der Waals surface area (Å²) in [6.45, 7) is 21.9. The van der Waals surface area contributed by atoms with E-state index in [1.54, 1.807) is 0 Å². The van der Waals surface area contributed by atoms with Crippen LogP contribution in [0.1, 0.15) is 67.2 Å². The Bertz CT molecular complexity index is 515. The first-order valence-corrected chi connectivity index (χ1v) is 13.5. The normalized spacial score (nSPS) is 21.7. The van der Waals surface area contributed by atoms with E-state index < -0.39 is 13.9 Å². The summed E-state index contributed by atoms with van der Waals surface area (Å²) in [4.78, 5) is 16.9. The zero-order valence-electron chi connectivity index (χ0n) is 19.0. The summed E-state index contributed by atoms with van der Waals surface area (Å²) in [7, 11) is -1.68. The maximum atomic E-state index is 12.3. The second-order valence-electron chi connectivity index (χ2n) is 10.9. The molecule has 1 spiro atoms. The second-order valence-corrected chi connectivity index (χ2v) is 15.7. The molecule has 0 N–H and O–H groups in total. The lowest BCUT2D eigenvalue weighted by atomic mass is 9.85. The first-order valence-electron chi connectivity index (χ1n) is 10.6. The Morgan fingerprint density at radius 3 is 2.11 bits per heavy atom. The number of rotatable bonds is 4. The molecule has 158 valence electrons. The number of hydrogen-bond donors (Lipinski definition) is 0. The quantitative estimate of drug-likeness (QED) is 0.633. The van der Waals surface area contributed by atoms with Crippen LogP contribution in [0, 0.1) is 0 Å². The molecule has 0 saturated carbocycles. The number of piperidine rings is 1. The summed E-state index contributed by atoms with van der Waals surface area (Å²) >= 11 is 0. The molecule has 0 aromatic carbocycles. The predicted molar refractivity (Wildman–Crippen MR) is 114 cm³/mol. The first-order chi connectivity index (χ1) is 12.3. The fourth-order valence-electron chi connectivity index (χ4n) is 3.97. The van der Waals surface area contributed by atoms with Crippen molar-refractivity contribution < 1.29 is 14.0 Å². The van der Waals surface area contributed by atoms with E-state index in [2.05, 4.69) is 38.8 Å². The molecule has 2 rings (SSSR count). The number of hydrogen-bond acceptors (Lipinski definition) is 4. The average molecular weight is 399 g/mol. The minimum atomic E-state index is -1.68. The summed E-state index contributed by atoms with van der Waals surface area (Å²) in [5.74, 6) is 0. The Morgan fingerprint density at radius 2 is 1.59 bits per heavy atom. The highest BCUT2D eigenvalue weighted by atomic mass is 28.4. The fourth-order valence-corrected chi connectivity index (χ4v) is 5.00. The lowest BCUT2D eigenvalue weighted by Crippen LogP contribution is -2.54. The molecule has 6 heteroatoms. The third kappa shape index (κ3) is 5.70. The average Bonchev–Trinajstić information content (AvgIpc) is 2.87. The molecular formula is C21H42N2O3Si.